The number of carbonyl (C=O) groups is 2. The minimum Gasteiger partial charge on any atom is -0.466 e. The molecule has 0 radical (unpaired) electrons. The third-order valence-electron chi connectivity index (χ3n) is 2.39. The van der Waals surface area contributed by atoms with Crippen LogP contribution in [0.4, 0.5) is 0 Å². The monoisotopic (exact) mass is 206 g/mol. The SMILES string of the molecule is COC(=O)/C=C1\OC(=O)C2CC=CC=C12. The highest BCUT2D eigenvalue weighted by Crippen LogP contribution is 2.35. The van der Waals surface area contributed by atoms with Crippen molar-refractivity contribution in [1.29, 1.82) is 0 Å². The van der Waals surface area contributed by atoms with E-state index in [1.165, 1.54) is 13.2 Å². The van der Waals surface area contributed by atoms with Gasteiger partial charge in [-0.3, -0.25) is 4.79 Å². The van der Waals surface area contributed by atoms with E-state index >= 15 is 0 Å². The molecule has 1 unspecified atom stereocenters. The predicted octanol–water partition coefficient (Wildman–Crippen LogP) is 1.10. The number of ether oxygens (including phenoxy) is 2. The minimum absolute atomic E-state index is 0.258. The molecule has 15 heavy (non-hydrogen) atoms. The molecule has 2 rings (SSSR count). The van der Waals surface area contributed by atoms with Crippen LogP contribution in [0.25, 0.3) is 0 Å². The number of esters is 2. The number of allylic oxidation sites excluding steroid dienone is 4. The Morgan fingerprint density at radius 3 is 3.20 bits per heavy atom. The van der Waals surface area contributed by atoms with Gasteiger partial charge in [0.05, 0.1) is 19.1 Å². The molecule has 1 aliphatic heterocycles. The van der Waals surface area contributed by atoms with E-state index in [4.69, 9.17) is 4.74 Å². The van der Waals surface area contributed by atoms with Gasteiger partial charge >= 0.3 is 11.9 Å². The molecule has 0 aromatic heterocycles. The Balaban J connectivity index is 2.32. The molecule has 1 atom stereocenters. The maximum Gasteiger partial charge on any atom is 0.334 e. The average Bonchev–Trinajstić information content (AvgIpc) is 2.57. The molecule has 0 saturated carbocycles. The van der Waals surface area contributed by atoms with Crippen LogP contribution in [0.1, 0.15) is 6.42 Å². The van der Waals surface area contributed by atoms with Crippen LogP contribution in [0.15, 0.2) is 35.6 Å². The van der Waals surface area contributed by atoms with Crippen molar-refractivity contribution in [3.8, 4) is 0 Å². The summed E-state index contributed by atoms with van der Waals surface area (Å²) in [6, 6.07) is 0. The normalized spacial score (nSPS) is 25.9. The van der Waals surface area contributed by atoms with E-state index in [9.17, 15) is 9.59 Å². The van der Waals surface area contributed by atoms with Gasteiger partial charge in [0, 0.05) is 5.57 Å². The van der Waals surface area contributed by atoms with Crippen molar-refractivity contribution in [2.24, 2.45) is 5.92 Å². The fraction of sp³-hybridized carbons (Fsp3) is 0.273. The van der Waals surface area contributed by atoms with Gasteiger partial charge in [-0.05, 0) is 6.42 Å². The molecule has 4 heteroatoms. The molecule has 2 aliphatic rings. The summed E-state index contributed by atoms with van der Waals surface area (Å²) in [6.45, 7) is 0. The summed E-state index contributed by atoms with van der Waals surface area (Å²) in [5.41, 5.74) is 0.757. The van der Waals surface area contributed by atoms with Crippen molar-refractivity contribution < 1.29 is 19.1 Å². The molecule has 0 spiro atoms. The summed E-state index contributed by atoms with van der Waals surface area (Å²) in [5, 5.41) is 0. The Morgan fingerprint density at radius 1 is 1.67 bits per heavy atom. The Bertz CT molecular complexity index is 401. The van der Waals surface area contributed by atoms with Gasteiger partial charge in [0.1, 0.15) is 5.76 Å². The first-order valence-corrected chi connectivity index (χ1v) is 4.61. The second-order valence-corrected chi connectivity index (χ2v) is 3.29. The Labute approximate surface area is 86.9 Å². The van der Waals surface area contributed by atoms with Crippen molar-refractivity contribution in [2.45, 2.75) is 6.42 Å². The van der Waals surface area contributed by atoms with Gasteiger partial charge in [-0.25, -0.2) is 4.79 Å². The maximum atomic E-state index is 11.4. The average molecular weight is 206 g/mol. The van der Waals surface area contributed by atoms with E-state index in [2.05, 4.69) is 4.74 Å². The number of carbonyl (C=O) groups excluding carboxylic acids is 2. The second-order valence-electron chi connectivity index (χ2n) is 3.29. The summed E-state index contributed by atoms with van der Waals surface area (Å²) in [4.78, 5) is 22.4. The van der Waals surface area contributed by atoms with E-state index in [0.717, 1.165) is 5.57 Å². The summed E-state index contributed by atoms with van der Waals surface area (Å²) < 4.78 is 9.47. The minimum atomic E-state index is -0.520. The third kappa shape index (κ3) is 1.70. The van der Waals surface area contributed by atoms with Crippen LogP contribution in [-0.2, 0) is 19.1 Å². The van der Waals surface area contributed by atoms with Gasteiger partial charge in [-0.2, -0.15) is 0 Å². The zero-order valence-electron chi connectivity index (χ0n) is 8.23. The smallest absolute Gasteiger partial charge is 0.334 e. The molecule has 0 N–H and O–H groups in total. The van der Waals surface area contributed by atoms with Gasteiger partial charge in [0.2, 0.25) is 0 Å². The van der Waals surface area contributed by atoms with Crippen LogP contribution in [0.2, 0.25) is 0 Å². The molecule has 0 aromatic rings. The van der Waals surface area contributed by atoms with E-state index in [0.29, 0.717) is 12.2 Å². The lowest BCUT2D eigenvalue weighted by molar-refractivity contribution is -0.138. The van der Waals surface area contributed by atoms with Crippen LogP contribution in [0.3, 0.4) is 0 Å². The Hall–Kier alpha value is -1.84. The number of hydrogen-bond donors (Lipinski definition) is 0. The number of hydrogen-bond acceptors (Lipinski definition) is 4. The number of methoxy groups -OCH3 is 1. The topological polar surface area (TPSA) is 52.6 Å². The van der Waals surface area contributed by atoms with Gasteiger partial charge in [0.25, 0.3) is 0 Å². The molecular formula is C11H10O4. The molecule has 1 fully saturated rings. The molecule has 0 bridgehead atoms. The molecule has 1 saturated heterocycles. The van der Waals surface area contributed by atoms with Gasteiger partial charge in [-0.1, -0.05) is 18.2 Å². The van der Waals surface area contributed by atoms with Crippen molar-refractivity contribution in [3.05, 3.63) is 35.6 Å². The molecule has 0 amide bonds. The van der Waals surface area contributed by atoms with E-state index < -0.39 is 5.97 Å². The zero-order chi connectivity index (χ0) is 10.8. The number of fused-ring (bicyclic) bond motifs is 1. The summed E-state index contributed by atoms with van der Waals surface area (Å²) in [5.74, 6) is -0.776. The predicted molar refractivity (Wildman–Crippen MR) is 51.5 cm³/mol. The van der Waals surface area contributed by atoms with Crippen LogP contribution >= 0.6 is 0 Å². The molecule has 1 heterocycles. The van der Waals surface area contributed by atoms with Gasteiger partial charge in [0.15, 0.2) is 0 Å². The quantitative estimate of drug-likeness (QED) is 0.476. The lowest BCUT2D eigenvalue weighted by Gasteiger charge is -2.06. The molecule has 0 aromatic carbocycles. The van der Waals surface area contributed by atoms with Crippen LogP contribution in [0.5, 0.6) is 0 Å². The lowest BCUT2D eigenvalue weighted by atomic mass is 9.92. The summed E-state index contributed by atoms with van der Waals surface area (Å²) >= 11 is 0. The first-order chi connectivity index (χ1) is 7.22. The van der Waals surface area contributed by atoms with Crippen LogP contribution < -0.4 is 0 Å². The highest BCUT2D eigenvalue weighted by Gasteiger charge is 2.36. The van der Waals surface area contributed by atoms with Crippen molar-refractivity contribution >= 4 is 11.9 Å². The lowest BCUT2D eigenvalue weighted by Crippen LogP contribution is -2.09. The fourth-order valence-electron chi connectivity index (χ4n) is 1.62. The van der Waals surface area contributed by atoms with Crippen LogP contribution in [0, 0.1) is 5.92 Å². The molecule has 4 nitrogen and oxygen atoms in total. The standard InChI is InChI=1S/C11H10O4/c1-14-10(12)6-9-7-4-2-3-5-8(7)11(13)15-9/h2-4,6,8H,5H2,1H3/b9-6-. The Kier molecular flexibility index (Phi) is 2.41. The van der Waals surface area contributed by atoms with Gasteiger partial charge < -0.3 is 9.47 Å². The third-order valence-corrected chi connectivity index (χ3v) is 2.39. The maximum absolute atomic E-state index is 11.4. The largest absolute Gasteiger partial charge is 0.466 e. The molecule has 1 aliphatic carbocycles. The van der Waals surface area contributed by atoms with Crippen molar-refractivity contribution in [1.82, 2.24) is 0 Å². The zero-order valence-corrected chi connectivity index (χ0v) is 8.23. The van der Waals surface area contributed by atoms with Crippen molar-refractivity contribution in [3.63, 3.8) is 0 Å². The van der Waals surface area contributed by atoms with E-state index in [1.54, 1.807) is 6.08 Å². The summed E-state index contributed by atoms with van der Waals surface area (Å²) in [7, 11) is 1.28. The molecular weight excluding hydrogens is 196 g/mol. The summed E-state index contributed by atoms with van der Waals surface area (Å²) in [6.07, 6.45) is 7.36. The van der Waals surface area contributed by atoms with Gasteiger partial charge in [-0.15, -0.1) is 0 Å². The highest BCUT2D eigenvalue weighted by molar-refractivity contribution is 5.89. The van der Waals surface area contributed by atoms with Crippen molar-refractivity contribution in [2.75, 3.05) is 7.11 Å². The first kappa shape index (κ1) is 9.71. The highest BCUT2D eigenvalue weighted by atomic mass is 16.6. The van der Waals surface area contributed by atoms with E-state index in [-0.39, 0.29) is 11.9 Å². The van der Waals surface area contributed by atoms with Crippen LogP contribution in [-0.4, -0.2) is 19.0 Å². The fourth-order valence-corrected chi connectivity index (χ4v) is 1.62. The van der Waals surface area contributed by atoms with E-state index in [1.807, 2.05) is 12.2 Å². The second kappa shape index (κ2) is 3.73. The number of rotatable bonds is 1. The first-order valence-electron chi connectivity index (χ1n) is 4.61. The molecule has 78 valence electrons. The number of cyclic esters (lactones) is 1. The Morgan fingerprint density at radius 2 is 2.47 bits per heavy atom.